The van der Waals surface area contributed by atoms with Gasteiger partial charge in [-0.15, -0.1) is 0 Å². The van der Waals surface area contributed by atoms with E-state index in [9.17, 15) is 0 Å². The molecule has 0 aliphatic heterocycles. The molecule has 0 fully saturated rings. The molecule has 0 spiro atoms. The molecule has 2 rings (SSSR count). The maximum Gasteiger partial charge on any atom is 0.128 e. The van der Waals surface area contributed by atoms with Crippen molar-refractivity contribution in [1.29, 1.82) is 0 Å². The van der Waals surface area contributed by atoms with Crippen LogP contribution in [0.15, 0.2) is 42.7 Å². The molecule has 4 nitrogen and oxygen atoms in total. The molecule has 2 aromatic rings. The Kier molecular flexibility index (Phi) is 4.47. The van der Waals surface area contributed by atoms with Gasteiger partial charge in [-0.05, 0) is 30.7 Å². The van der Waals surface area contributed by atoms with Crippen molar-refractivity contribution in [3.63, 3.8) is 0 Å². The third-order valence-corrected chi connectivity index (χ3v) is 3.12. The van der Waals surface area contributed by atoms with Crippen molar-refractivity contribution in [2.45, 2.75) is 19.4 Å². The van der Waals surface area contributed by atoms with Gasteiger partial charge in [-0.25, -0.2) is 4.98 Å². The van der Waals surface area contributed by atoms with Gasteiger partial charge < -0.3 is 10.6 Å². The standard InChI is InChI=1S/C15H20N4/c1-12(16)13-6-7-15(18-11-13)19(2)10-8-14-5-3-4-9-17-14/h3-7,9,11-12H,8,10,16H2,1-2H3/t12-/m1/s1. The Morgan fingerprint density at radius 3 is 2.63 bits per heavy atom. The lowest BCUT2D eigenvalue weighted by molar-refractivity contribution is 0.803. The van der Waals surface area contributed by atoms with E-state index in [4.69, 9.17) is 5.73 Å². The van der Waals surface area contributed by atoms with Gasteiger partial charge in [0, 0.05) is 44.1 Å². The van der Waals surface area contributed by atoms with Gasteiger partial charge in [0.1, 0.15) is 5.82 Å². The van der Waals surface area contributed by atoms with Crippen molar-refractivity contribution in [1.82, 2.24) is 9.97 Å². The molecule has 0 saturated heterocycles. The minimum atomic E-state index is 0.0281. The zero-order valence-electron chi connectivity index (χ0n) is 11.5. The van der Waals surface area contributed by atoms with Crippen molar-refractivity contribution in [3.05, 3.63) is 54.0 Å². The first-order chi connectivity index (χ1) is 9.16. The van der Waals surface area contributed by atoms with Crippen LogP contribution in [0.1, 0.15) is 24.2 Å². The van der Waals surface area contributed by atoms with Gasteiger partial charge in [-0.3, -0.25) is 4.98 Å². The highest BCUT2D eigenvalue weighted by Gasteiger charge is 2.05. The van der Waals surface area contributed by atoms with Gasteiger partial charge in [0.15, 0.2) is 0 Å². The van der Waals surface area contributed by atoms with Crippen LogP contribution < -0.4 is 10.6 Å². The van der Waals surface area contributed by atoms with Gasteiger partial charge in [0.2, 0.25) is 0 Å². The molecule has 0 amide bonds. The number of nitrogens with zero attached hydrogens (tertiary/aromatic N) is 3. The Bertz CT molecular complexity index is 493. The van der Waals surface area contributed by atoms with Crippen molar-refractivity contribution < 1.29 is 0 Å². The van der Waals surface area contributed by atoms with E-state index in [-0.39, 0.29) is 6.04 Å². The fourth-order valence-electron chi connectivity index (χ4n) is 1.84. The average Bonchev–Trinajstić information content (AvgIpc) is 2.46. The smallest absolute Gasteiger partial charge is 0.128 e. The maximum atomic E-state index is 5.81. The average molecular weight is 256 g/mol. The lowest BCUT2D eigenvalue weighted by Gasteiger charge is -2.18. The highest BCUT2D eigenvalue weighted by Crippen LogP contribution is 2.13. The molecule has 0 aliphatic rings. The van der Waals surface area contributed by atoms with Crippen molar-refractivity contribution >= 4 is 5.82 Å². The zero-order valence-corrected chi connectivity index (χ0v) is 11.5. The largest absolute Gasteiger partial charge is 0.359 e. The molecule has 0 radical (unpaired) electrons. The highest BCUT2D eigenvalue weighted by molar-refractivity contribution is 5.38. The lowest BCUT2D eigenvalue weighted by atomic mass is 10.1. The molecular weight excluding hydrogens is 236 g/mol. The Morgan fingerprint density at radius 1 is 1.21 bits per heavy atom. The number of aromatic nitrogens is 2. The van der Waals surface area contributed by atoms with Gasteiger partial charge >= 0.3 is 0 Å². The normalized spacial score (nSPS) is 12.2. The van der Waals surface area contributed by atoms with Crippen LogP contribution in [0.3, 0.4) is 0 Å². The van der Waals surface area contributed by atoms with Crippen LogP contribution in [0, 0.1) is 0 Å². The molecule has 4 heteroatoms. The summed E-state index contributed by atoms with van der Waals surface area (Å²) < 4.78 is 0. The number of likely N-dealkylation sites (N-methyl/N-ethyl adjacent to an activating group) is 1. The highest BCUT2D eigenvalue weighted by atomic mass is 15.2. The summed E-state index contributed by atoms with van der Waals surface area (Å²) in [6.07, 6.45) is 4.58. The van der Waals surface area contributed by atoms with E-state index in [2.05, 4.69) is 14.9 Å². The summed E-state index contributed by atoms with van der Waals surface area (Å²) in [5.41, 5.74) is 7.97. The van der Waals surface area contributed by atoms with E-state index in [0.29, 0.717) is 0 Å². The Hall–Kier alpha value is -1.94. The van der Waals surface area contributed by atoms with Crippen molar-refractivity contribution in [3.8, 4) is 0 Å². The summed E-state index contributed by atoms with van der Waals surface area (Å²) in [4.78, 5) is 10.9. The molecule has 19 heavy (non-hydrogen) atoms. The van der Waals surface area contributed by atoms with Crippen LogP contribution in [0.4, 0.5) is 5.82 Å². The molecule has 0 aliphatic carbocycles. The fraction of sp³-hybridized carbons (Fsp3) is 0.333. The molecule has 2 aromatic heterocycles. The molecule has 100 valence electrons. The van der Waals surface area contributed by atoms with Gasteiger partial charge in [0.25, 0.3) is 0 Å². The summed E-state index contributed by atoms with van der Waals surface area (Å²) in [5, 5.41) is 0. The Labute approximate surface area is 114 Å². The Balaban J connectivity index is 1.94. The molecule has 2 N–H and O–H groups in total. The number of rotatable bonds is 5. The van der Waals surface area contributed by atoms with Crippen LogP contribution in [-0.4, -0.2) is 23.6 Å². The minimum Gasteiger partial charge on any atom is -0.359 e. The zero-order chi connectivity index (χ0) is 13.7. The van der Waals surface area contributed by atoms with Crippen LogP contribution in [-0.2, 0) is 6.42 Å². The molecule has 0 aromatic carbocycles. The van der Waals surface area contributed by atoms with E-state index in [1.165, 1.54) is 0 Å². The first-order valence-corrected chi connectivity index (χ1v) is 6.49. The summed E-state index contributed by atoms with van der Waals surface area (Å²) in [7, 11) is 2.04. The monoisotopic (exact) mass is 256 g/mol. The molecule has 0 saturated carbocycles. The molecule has 1 atom stereocenters. The van der Waals surface area contributed by atoms with E-state index < -0.39 is 0 Å². The third kappa shape index (κ3) is 3.76. The molecule has 0 bridgehead atoms. The predicted molar refractivity (Wildman–Crippen MR) is 78.1 cm³/mol. The first-order valence-electron chi connectivity index (χ1n) is 6.49. The van der Waals surface area contributed by atoms with Crippen molar-refractivity contribution in [2.75, 3.05) is 18.5 Å². The topological polar surface area (TPSA) is 55.0 Å². The van der Waals surface area contributed by atoms with E-state index in [0.717, 1.165) is 30.0 Å². The quantitative estimate of drug-likeness (QED) is 0.891. The fourth-order valence-corrected chi connectivity index (χ4v) is 1.84. The minimum absolute atomic E-state index is 0.0281. The Morgan fingerprint density at radius 2 is 2.05 bits per heavy atom. The SMILES string of the molecule is C[C@@H](N)c1ccc(N(C)CCc2ccccn2)nc1. The summed E-state index contributed by atoms with van der Waals surface area (Å²) >= 11 is 0. The second kappa shape index (κ2) is 6.29. The molecule has 0 unspecified atom stereocenters. The first kappa shape index (κ1) is 13.5. The second-order valence-corrected chi connectivity index (χ2v) is 4.73. The summed E-state index contributed by atoms with van der Waals surface area (Å²) in [6.45, 7) is 2.85. The second-order valence-electron chi connectivity index (χ2n) is 4.73. The third-order valence-electron chi connectivity index (χ3n) is 3.12. The van der Waals surface area contributed by atoms with E-state index >= 15 is 0 Å². The van der Waals surface area contributed by atoms with Crippen molar-refractivity contribution in [2.24, 2.45) is 5.73 Å². The van der Waals surface area contributed by atoms with Gasteiger partial charge in [-0.1, -0.05) is 12.1 Å². The maximum absolute atomic E-state index is 5.81. The van der Waals surface area contributed by atoms with Crippen LogP contribution in [0.2, 0.25) is 0 Å². The summed E-state index contributed by atoms with van der Waals surface area (Å²) in [6, 6.07) is 10.1. The van der Waals surface area contributed by atoms with E-state index in [1.807, 2.05) is 56.7 Å². The number of anilines is 1. The molecule has 2 heterocycles. The predicted octanol–water partition coefficient (Wildman–Crippen LogP) is 2.18. The number of pyridine rings is 2. The van der Waals surface area contributed by atoms with Crippen LogP contribution >= 0.6 is 0 Å². The number of hydrogen-bond donors (Lipinski definition) is 1. The van der Waals surface area contributed by atoms with Crippen LogP contribution in [0.5, 0.6) is 0 Å². The molecular formula is C15H20N4. The number of hydrogen-bond acceptors (Lipinski definition) is 4. The lowest BCUT2D eigenvalue weighted by Crippen LogP contribution is -2.21. The van der Waals surface area contributed by atoms with Gasteiger partial charge in [0.05, 0.1) is 0 Å². The van der Waals surface area contributed by atoms with E-state index in [1.54, 1.807) is 0 Å². The summed E-state index contributed by atoms with van der Waals surface area (Å²) in [5.74, 6) is 0.959. The van der Waals surface area contributed by atoms with Crippen LogP contribution in [0.25, 0.3) is 0 Å². The van der Waals surface area contributed by atoms with Gasteiger partial charge in [-0.2, -0.15) is 0 Å². The number of nitrogens with two attached hydrogens (primary N) is 1.